The predicted octanol–water partition coefficient (Wildman–Crippen LogP) is 3.16. The SMILES string of the molecule is COC(CNC(=O)Cc1cccs1)c1ccc(C)s1. The molecule has 2 aromatic rings. The van der Waals surface area contributed by atoms with E-state index in [1.165, 1.54) is 4.88 Å². The number of thiophene rings is 2. The van der Waals surface area contributed by atoms with Gasteiger partial charge in [-0.25, -0.2) is 0 Å². The molecule has 1 atom stereocenters. The Morgan fingerprint density at radius 3 is 2.84 bits per heavy atom. The van der Waals surface area contributed by atoms with E-state index in [1.807, 2.05) is 17.5 Å². The zero-order valence-electron chi connectivity index (χ0n) is 11.0. The number of hydrogen-bond donors (Lipinski definition) is 1. The number of ether oxygens (including phenoxy) is 1. The van der Waals surface area contributed by atoms with Crippen molar-refractivity contribution in [3.05, 3.63) is 44.3 Å². The van der Waals surface area contributed by atoms with Gasteiger partial charge in [0.2, 0.25) is 5.91 Å². The van der Waals surface area contributed by atoms with Crippen LogP contribution in [0.3, 0.4) is 0 Å². The van der Waals surface area contributed by atoms with Crippen LogP contribution in [0, 0.1) is 6.92 Å². The zero-order valence-corrected chi connectivity index (χ0v) is 12.6. The molecule has 3 nitrogen and oxygen atoms in total. The Kier molecular flexibility index (Phi) is 5.13. The Morgan fingerprint density at radius 1 is 1.42 bits per heavy atom. The van der Waals surface area contributed by atoms with Gasteiger partial charge in [0.25, 0.3) is 0 Å². The standard InChI is InChI=1S/C14H17NO2S2/c1-10-5-6-13(19-10)12(17-2)9-15-14(16)8-11-4-3-7-18-11/h3-7,12H,8-9H2,1-2H3,(H,15,16). The van der Waals surface area contributed by atoms with Crippen molar-refractivity contribution < 1.29 is 9.53 Å². The van der Waals surface area contributed by atoms with Crippen molar-refractivity contribution in [2.75, 3.05) is 13.7 Å². The molecule has 0 saturated heterocycles. The topological polar surface area (TPSA) is 38.3 Å². The number of aryl methyl sites for hydroxylation is 1. The summed E-state index contributed by atoms with van der Waals surface area (Å²) in [7, 11) is 1.67. The van der Waals surface area contributed by atoms with E-state index in [0.717, 1.165) is 9.75 Å². The van der Waals surface area contributed by atoms with E-state index in [4.69, 9.17) is 4.74 Å². The smallest absolute Gasteiger partial charge is 0.225 e. The molecule has 19 heavy (non-hydrogen) atoms. The van der Waals surface area contributed by atoms with Gasteiger partial charge in [-0.3, -0.25) is 4.79 Å². The molecule has 2 rings (SSSR count). The molecule has 1 unspecified atom stereocenters. The van der Waals surface area contributed by atoms with Gasteiger partial charge in [-0.05, 0) is 30.5 Å². The van der Waals surface area contributed by atoms with E-state index in [-0.39, 0.29) is 12.0 Å². The second-order valence-corrected chi connectivity index (χ2v) is 6.58. The predicted molar refractivity (Wildman–Crippen MR) is 79.8 cm³/mol. The minimum absolute atomic E-state index is 0.0396. The maximum Gasteiger partial charge on any atom is 0.225 e. The van der Waals surface area contributed by atoms with Crippen molar-refractivity contribution >= 4 is 28.6 Å². The average molecular weight is 295 g/mol. The summed E-state index contributed by atoms with van der Waals surface area (Å²) < 4.78 is 5.43. The van der Waals surface area contributed by atoms with Crippen LogP contribution in [0.25, 0.3) is 0 Å². The first-order chi connectivity index (χ1) is 9.19. The summed E-state index contributed by atoms with van der Waals surface area (Å²) in [5, 5.41) is 4.91. The molecule has 0 bridgehead atoms. The average Bonchev–Trinajstić information content (AvgIpc) is 3.02. The highest BCUT2D eigenvalue weighted by atomic mass is 32.1. The first-order valence-corrected chi connectivity index (χ1v) is 7.77. The first kappa shape index (κ1) is 14.2. The Bertz CT molecular complexity index is 519. The molecule has 0 saturated carbocycles. The van der Waals surface area contributed by atoms with E-state index in [2.05, 4.69) is 24.4 Å². The van der Waals surface area contributed by atoms with Gasteiger partial charge in [0.15, 0.2) is 0 Å². The number of carbonyl (C=O) groups excluding carboxylic acids is 1. The van der Waals surface area contributed by atoms with Crippen LogP contribution in [-0.4, -0.2) is 19.6 Å². The highest BCUT2D eigenvalue weighted by Crippen LogP contribution is 2.24. The fourth-order valence-electron chi connectivity index (χ4n) is 1.77. The molecule has 0 spiro atoms. The van der Waals surface area contributed by atoms with Crippen molar-refractivity contribution in [2.24, 2.45) is 0 Å². The summed E-state index contributed by atoms with van der Waals surface area (Å²) >= 11 is 3.30. The Hall–Kier alpha value is -1.17. The largest absolute Gasteiger partial charge is 0.374 e. The zero-order chi connectivity index (χ0) is 13.7. The lowest BCUT2D eigenvalue weighted by atomic mass is 10.2. The van der Waals surface area contributed by atoms with Gasteiger partial charge in [0, 0.05) is 28.3 Å². The van der Waals surface area contributed by atoms with Gasteiger partial charge in [-0.1, -0.05) is 6.07 Å². The molecule has 0 aliphatic heterocycles. The van der Waals surface area contributed by atoms with Crippen LogP contribution >= 0.6 is 22.7 Å². The molecule has 2 heterocycles. The monoisotopic (exact) mass is 295 g/mol. The van der Waals surface area contributed by atoms with Crippen molar-refractivity contribution in [3.63, 3.8) is 0 Å². The van der Waals surface area contributed by atoms with Gasteiger partial charge in [-0.2, -0.15) is 0 Å². The Labute approximate surface area is 121 Å². The van der Waals surface area contributed by atoms with Crippen LogP contribution in [0.4, 0.5) is 0 Å². The van der Waals surface area contributed by atoms with Crippen LogP contribution in [0.15, 0.2) is 29.6 Å². The summed E-state index contributed by atoms with van der Waals surface area (Å²) in [6, 6.07) is 8.05. The molecule has 1 amide bonds. The second kappa shape index (κ2) is 6.84. The van der Waals surface area contributed by atoms with Crippen LogP contribution < -0.4 is 5.32 Å². The fraction of sp³-hybridized carbons (Fsp3) is 0.357. The highest BCUT2D eigenvalue weighted by Gasteiger charge is 2.14. The summed E-state index contributed by atoms with van der Waals surface area (Å²) in [6.45, 7) is 2.58. The molecular weight excluding hydrogens is 278 g/mol. The lowest BCUT2D eigenvalue weighted by Crippen LogP contribution is -2.29. The van der Waals surface area contributed by atoms with Gasteiger partial charge in [0.05, 0.1) is 6.42 Å². The molecule has 2 aromatic heterocycles. The third-order valence-corrected chi connectivity index (χ3v) is 4.73. The van der Waals surface area contributed by atoms with E-state index in [0.29, 0.717) is 13.0 Å². The van der Waals surface area contributed by atoms with Crippen molar-refractivity contribution in [3.8, 4) is 0 Å². The molecule has 5 heteroatoms. The molecule has 0 aromatic carbocycles. The van der Waals surface area contributed by atoms with Gasteiger partial charge < -0.3 is 10.1 Å². The molecule has 0 radical (unpaired) electrons. The Morgan fingerprint density at radius 2 is 2.26 bits per heavy atom. The van der Waals surface area contributed by atoms with Crippen molar-refractivity contribution in [1.82, 2.24) is 5.32 Å². The molecule has 0 aliphatic carbocycles. The molecule has 0 aliphatic rings. The van der Waals surface area contributed by atoms with E-state index < -0.39 is 0 Å². The lowest BCUT2D eigenvalue weighted by Gasteiger charge is -2.14. The molecule has 102 valence electrons. The highest BCUT2D eigenvalue weighted by molar-refractivity contribution is 7.12. The summed E-state index contributed by atoms with van der Waals surface area (Å²) in [4.78, 5) is 15.3. The fourth-order valence-corrected chi connectivity index (χ4v) is 3.43. The molecular formula is C14H17NO2S2. The quantitative estimate of drug-likeness (QED) is 0.889. The van der Waals surface area contributed by atoms with Gasteiger partial charge in [0.1, 0.15) is 6.10 Å². The summed E-state index contributed by atoms with van der Waals surface area (Å²) in [5.74, 6) is 0.0396. The van der Waals surface area contributed by atoms with Crippen LogP contribution in [0.2, 0.25) is 0 Å². The Balaban J connectivity index is 1.84. The summed E-state index contributed by atoms with van der Waals surface area (Å²) in [6.07, 6.45) is 0.378. The number of nitrogens with one attached hydrogen (secondary N) is 1. The number of rotatable bonds is 6. The lowest BCUT2D eigenvalue weighted by molar-refractivity contribution is -0.120. The summed E-state index contributed by atoms with van der Waals surface area (Å²) in [5.41, 5.74) is 0. The van der Waals surface area contributed by atoms with Crippen LogP contribution in [0.1, 0.15) is 20.7 Å². The third-order valence-electron chi connectivity index (χ3n) is 2.76. The molecule has 0 fully saturated rings. The maximum absolute atomic E-state index is 11.8. The second-order valence-electron chi connectivity index (χ2n) is 4.23. The minimum Gasteiger partial charge on any atom is -0.374 e. The number of carbonyl (C=O) groups is 1. The minimum atomic E-state index is -0.0639. The van der Waals surface area contributed by atoms with Crippen LogP contribution in [0.5, 0.6) is 0 Å². The van der Waals surface area contributed by atoms with Gasteiger partial charge in [-0.15, -0.1) is 22.7 Å². The number of amides is 1. The van der Waals surface area contributed by atoms with Gasteiger partial charge >= 0.3 is 0 Å². The van der Waals surface area contributed by atoms with Crippen molar-refractivity contribution in [2.45, 2.75) is 19.4 Å². The van der Waals surface area contributed by atoms with E-state index in [9.17, 15) is 4.79 Å². The van der Waals surface area contributed by atoms with E-state index >= 15 is 0 Å². The maximum atomic E-state index is 11.8. The third kappa shape index (κ3) is 4.16. The van der Waals surface area contributed by atoms with Crippen LogP contribution in [-0.2, 0) is 16.0 Å². The normalized spacial score (nSPS) is 12.3. The number of methoxy groups -OCH3 is 1. The number of hydrogen-bond acceptors (Lipinski definition) is 4. The first-order valence-electron chi connectivity index (χ1n) is 6.07. The van der Waals surface area contributed by atoms with Crippen molar-refractivity contribution in [1.29, 1.82) is 0 Å². The molecule has 1 N–H and O–H groups in total. The van der Waals surface area contributed by atoms with E-state index in [1.54, 1.807) is 29.8 Å².